The number of carbonyl (C=O) groups excluding carboxylic acids is 6. The largest absolute Gasteiger partial charge is 0.463 e. The molecule has 50 heavy (non-hydrogen) atoms. The molecule has 2 aliphatic rings. The average molecular weight is 696 g/mol. The minimum atomic E-state index is -0.982. The van der Waals surface area contributed by atoms with E-state index in [2.05, 4.69) is 5.32 Å². The van der Waals surface area contributed by atoms with E-state index in [-0.39, 0.29) is 73.7 Å². The molecule has 3 rings (SSSR count). The van der Waals surface area contributed by atoms with Crippen molar-refractivity contribution in [3.05, 3.63) is 48.0 Å². The summed E-state index contributed by atoms with van der Waals surface area (Å²) in [7, 11) is 0. The van der Waals surface area contributed by atoms with Crippen molar-refractivity contribution >= 4 is 35.4 Å². The number of benzene rings is 1. The summed E-state index contributed by atoms with van der Waals surface area (Å²) in [6.45, 7) is 9.68. The van der Waals surface area contributed by atoms with E-state index in [9.17, 15) is 28.8 Å². The minimum absolute atomic E-state index is 0.0108. The van der Waals surface area contributed by atoms with Gasteiger partial charge in [-0.2, -0.15) is 0 Å². The first kappa shape index (κ1) is 40.4. The van der Waals surface area contributed by atoms with Crippen LogP contribution >= 0.6 is 0 Å². The van der Waals surface area contributed by atoms with Gasteiger partial charge < -0.3 is 25.4 Å². The fourth-order valence-corrected chi connectivity index (χ4v) is 7.32. The summed E-state index contributed by atoms with van der Waals surface area (Å²) in [4.78, 5) is 81.1. The molecule has 3 amide bonds. The van der Waals surface area contributed by atoms with Crippen molar-refractivity contribution in [2.24, 2.45) is 35.3 Å². The summed E-state index contributed by atoms with van der Waals surface area (Å²) in [6, 6.07) is 7.40. The van der Waals surface area contributed by atoms with Gasteiger partial charge >= 0.3 is 12.1 Å². The quantitative estimate of drug-likeness (QED) is 0.138. The van der Waals surface area contributed by atoms with Crippen LogP contribution in [0.15, 0.2) is 42.5 Å². The van der Waals surface area contributed by atoms with E-state index in [0.29, 0.717) is 19.3 Å². The summed E-state index contributed by atoms with van der Waals surface area (Å²) < 4.78 is 10.3. The van der Waals surface area contributed by atoms with Crippen LogP contribution in [0.4, 0.5) is 4.79 Å². The summed E-state index contributed by atoms with van der Waals surface area (Å²) >= 11 is 0. The maximum atomic E-state index is 14.5. The molecule has 1 aliphatic carbocycles. The highest BCUT2D eigenvalue weighted by molar-refractivity contribution is 5.96. The van der Waals surface area contributed by atoms with Crippen molar-refractivity contribution in [2.75, 3.05) is 6.61 Å². The van der Waals surface area contributed by atoms with Crippen LogP contribution < -0.4 is 11.1 Å². The maximum absolute atomic E-state index is 14.5. The van der Waals surface area contributed by atoms with E-state index in [1.54, 1.807) is 17.9 Å². The van der Waals surface area contributed by atoms with Crippen molar-refractivity contribution in [1.82, 2.24) is 10.2 Å². The normalized spacial score (nSPS) is 20.6. The third-order valence-corrected chi connectivity index (χ3v) is 9.92. The molecule has 1 heterocycles. The standard InChI is InChI=1S/C39H57N3O8/c1-6-49-36(45)19-13-11-17-31(41-39(48)50-24-27-14-8-7-9-15-27)34(43)23-30(26(4)5)38(47)42-32-18-12-10-16-28(32)21-33(42)35(44)22-29(37(40)46)20-25(2)3/h7-9,13-15,19,25-26,28-33H,6,10-12,16-18,20-24H2,1-5H3,(H2,40,46)(H,41,48)/b19-13+/t28?,29-,30+,31+,32?,33+/m1/s1. The zero-order valence-electron chi connectivity index (χ0n) is 30.4. The van der Waals surface area contributed by atoms with Crippen molar-refractivity contribution < 1.29 is 38.2 Å². The zero-order valence-corrected chi connectivity index (χ0v) is 30.4. The van der Waals surface area contributed by atoms with Crippen LogP contribution in [-0.4, -0.2) is 65.1 Å². The lowest BCUT2D eigenvalue weighted by atomic mass is 9.83. The molecule has 0 radical (unpaired) electrons. The van der Waals surface area contributed by atoms with E-state index in [0.717, 1.165) is 31.2 Å². The van der Waals surface area contributed by atoms with E-state index < -0.39 is 41.9 Å². The molecule has 3 N–H and O–H groups in total. The second-order valence-electron chi connectivity index (χ2n) is 14.5. The Morgan fingerprint density at radius 2 is 1.68 bits per heavy atom. The minimum Gasteiger partial charge on any atom is -0.463 e. The van der Waals surface area contributed by atoms with Crippen LogP contribution in [-0.2, 0) is 40.1 Å². The van der Waals surface area contributed by atoms with Gasteiger partial charge in [-0.3, -0.25) is 19.2 Å². The van der Waals surface area contributed by atoms with Crippen LogP contribution in [0.2, 0.25) is 0 Å². The number of allylic oxidation sites excluding steroid dienone is 1. The number of fused-ring (bicyclic) bond motifs is 1. The molecule has 2 fully saturated rings. The highest BCUT2D eigenvalue weighted by atomic mass is 16.5. The molecular formula is C39H57N3O8. The number of likely N-dealkylation sites (tertiary alicyclic amines) is 1. The molecule has 2 unspecified atom stereocenters. The monoisotopic (exact) mass is 695 g/mol. The topological polar surface area (TPSA) is 162 Å². The predicted molar refractivity (Wildman–Crippen MR) is 189 cm³/mol. The Hall–Kier alpha value is -4.02. The Morgan fingerprint density at radius 1 is 0.980 bits per heavy atom. The number of primary amides is 1. The van der Waals surface area contributed by atoms with Crippen molar-refractivity contribution in [3.8, 4) is 0 Å². The molecule has 1 saturated carbocycles. The van der Waals surface area contributed by atoms with Gasteiger partial charge in [-0.05, 0) is 68.8 Å². The highest BCUT2D eigenvalue weighted by Gasteiger charge is 2.49. The van der Waals surface area contributed by atoms with Crippen LogP contribution in [0, 0.1) is 29.6 Å². The van der Waals surface area contributed by atoms with Gasteiger partial charge in [0.05, 0.1) is 18.7 Å². The number of carbonyl (C=O) groups is 6. The second kappa shape index (κ2) is 20.0. The number of rotatable bonds is 19. The Morgan fingerprint density at radius 3 is 2.32 bits per heavy atom. The number of amides is 3. The van der Waals surface area contributed by atoms with Gasteiger partial charge in [0.1, 0.15) is 6.61 Å². The van der Waals surface area contributed by atoms with Gasteiger partial charge in [-0.15, -0.1) is 0 Å². The average Bonchev–Trinajstić information content (AvgIpc) is 3.47. The fourth-order valence-electron chi connectivity index (χ4n) is 7.32. The summed E-state index contributed by atoms with van der Waals surface area (Å²) in [5.74, 6) is -2.96. The molecule has 0 aromatic heterocycles. The lowest BCUT2D eigenvalue weighted by Gasteiger charge is -2.37. The number of Topliss-reactive ketones (excluding diaryl/α,β-unsaturated/α-hetero) is 2. The zero-order chi connectivity index (χ0) is 36.8. The van der Waals surface area contributed by atoms with E-state index in [4.69, 9.17) is 15.2 Å². The number of ketones is 2. The summed E-state index contributed by atoms with van der Waals surface area (Å²) in [6.07, 6.45) is 7.14. The molecule has 1 saturated heterocycles. The predicted octanol–water partition coefficient (Wildman–Crippen LogP) is 5.68. The molecule has 1 aromatic rings. The maximum Gasteiger partial charge on any atom is 0.408 e. The van der Waals surface area contributed by atoms with E-state index in [1.165, 1.54) is 6.08 Å². The summed E-state index contributed by atoms with van der Waals surface area (Å²) in [5.41, 5.74) is 6.48. The van der Waals surface area contributed by atoms with Crippen LogP contribution in [0.1, 0.15) is 104 Å². The Bertz CT molecular complexity index is 1340. The lowest BCUT2D eigenvalue weighted by molar-refractivity contribution is -0.147. The molecule has 11 heteroatoms. The smallest absolute Gasteiger partial charge is 0.408 e. The number of esters is 1. The van der Waals surface area contributed by atoms with Crippen molar-refractivity contribution in [1.29, 1.82) is 0 Å². The van der Waals surface area contributed by atoms with Gasteiger partial charge in [0.15, 0.2) is 11.6 Å². The second-order valence-corrected chi connectivity index (χ2v) is 14.5. The Kier molecular flexibility index (Phi) is 16.2. The first-order chi connectivity index (χ1) is 23.8. The van der Waals surface area contributed by atoms with Crippen LogP contribution in [0.5, 0.6) is 0 Å². The first-order valence-corrected chi connectivity index (χ1v) is 18.3. The Balaban J connectivity index is 1.81. The van der Waals surface area contributed by atoms with Crippen LogP contribution in [0.3, 0.4) is 0 Å². The number of nitrogens with two attached hydrogens (primary N) is 1. The molecule has 1 aliphatic heterocycles. The number of nitrogens with one attached hydrogen (secondary N) is 1. The Labute approximate surface area is 297 Å². The molecule has 0 spiro atoms. The van der Waals surface area contributed by atoms with Crippen molar-refractivity contribution in [2.45, 2.75) is 124 Å². The highest BCUT2D eigenvalue weighted by Crippen LogP contribution is 2.42. The van der Waals surface area contributed by atoms with Gasteiger partial charge in [-0.1, -0.05) is 76.9 Å². The molecule has 276 valence electrons. The molecule has 11 nitrogen and oxygen atoms in total. The number of hydrogen-bond acceptors (Lipinski definition) is 8. The van der Waals surface area contributed by atoms with Gasteiger partial charge in [0.25, 0.3) is 0 Å². The van der Waals surface area contributed by atoms with Crippen LogP contribution in [0.25, 0.3) is 0 Å². The number of nitrogens with zero attached hydrogens (tertiary/aromatic N) is 1. The van der Waals surface area contributed by atoms with Gasteiger partial charge in [0.2, 0.25) is 11.8 Å². The number of ether oxygens (including phenoxy) is 2. The third kappa shape index (κ3) is 12.1. The van der Waals surface area contributed by atoms with Gasteiger partial charge in [0, 0.05) is 36.8 Å². The summed E-state index contributed by atoms with van der Waals surface area (Å²) in [5, 5.41) is 2.69. The van der Waals surface area contributed by atoms with Crippen molar-refractivity contribution in [3.63, 3.8) is 0 Å². The van der Waals surface area contributed by atoms with E-state index >= 15 is 0 Å². The molecular weight excluding hydrogens is 638 g/mol. The third-order valence-electron chi connectivity index (χ3n) is 9.92. The molecule has 0 bridgehead atoms. The first-order valence-electron chi connectivity index (χ1n) is 18.3. The lowest BCUT2D eigenvalue weighted by Crippen LogP contribution is -2.51. The fraction of sp³-hybridized carbons (Fsp3) is 0.641. The molecule has 6 atom stereocenters. The SMILES string of the molecule is CCOC(=O)/C=C/CC[C@H](NC(=O)OCc1ccccc1)C(=O)C[C@H](C(=O)N1C2CCCCC2C[C@H]1C(=O)C[C@@H](CC(C)C)C(N)=O)C(C)C. The number of alkyl carbamates (subject to hydrolysis) is 1. The van der Waals surface area contributed by atoms with E-state index in [1.807, 2.05) is 58.0 Å². The molecule has 1 aromatic carbocycles. The van der Waals surface area contributed by atoms with Gasteiger partial charge in [-0.25, -0.2) is 9.59 Å². The number of hydrogen-bond donors (Lipinski definition) is 2.